The van der Waals surface area contributed by atoms with Crippen LogP contribution in [0.25, 0.3) is 0 Å². The van der Waals surface area contributed by atoms with Gasteiger partial charge in [-0.1, -0.05) is 13.0 Å². The molecule has 0 aliphatic carbocycles. The van der Waals surface area contributed by atoms with E-state index >= 15 is 0 Å². The van der Waals surface area contributed by atoms with E-state index in [1.54, 1.807) is 0 Å². The zero-order valence-electron chi connectivity index (χ0n) is 12.4. The lowest BCUT2D eigenvalue weighted by Crippen LogP contribution is -2.46. The predicted octanol–water partition coefficient (Wildman–Crippen LogP) is 2.79. The van der Waals surface area contributed by atoms with Gasteiger partial charge >= 0.3 is 6.03 Å². The number of rotatable bonds is 0. The summed E-state index contributed by atoms with van der Waals surface area (Å²) >= 11 is 0. The fraction of sp³-hybridized carbons (Fsp3) is 0.562. The van der Waals surface area contributed by atoms with E-state index in [4.69, 9.17) is 5.73 Å². The highest BCUT2D eigenvalue weighted by atomic mass is 16.2. The number of nitrogens with two attached hydrogens (primary N) is 1. The van der Waals surface area contributed by atoms with Gasteiger partial charge in [0.25, 0.3) is 0 Å². The van der Waals surface area contributed by atoms with Crippen molar-refractivity contribution in [3.05, 3.63) is 23.3 Å². The van der Waals surface area contributed by atoms with Crippen molar-refractivity contribution in [3.63, 3.8) is 0 Å². The topological polar surface area (TPSA) is 49.6 Å². The van der Waals surface area contributed by atoms with Crippen LogP contribution < -0.4 is 10.6 Å². The molecule has 108 valence electrons. The number of fused-ring (bicyclic) bond motifs is 1. The van der Waals surface area contributed by atoms with Gasteiger partial charge in [-0.2, -0.15) is 0 Å². The number of carbonyl (C=O) groups excluding carboxylic acids is 1. The Labute approximate surface area is 120 Å². The number of nitrogens with zero attached hydrogens (tertiary/aromatic N) is 2. The summed E-state index contributed by atoms with van der Waals surface area (Å²) in [7, 11) is 0. The highest BCUT2D eigenvalue weighted by molar-refractivity contribution is 5.95. The maximum absolute atomic E-state index is 12.7. The lowest BCUT2D eigenvalue weighted by molar-refractivity contribution is 0.176. The summed E-state index contributed by atoms with van der Waals surface area (Å²) in [5.41, 5.74) is 10.1. The summed E-state index contributed by atoms with van der Waals surface area (Å²) in [6.45, 7) is 6.79. The summed E-state index contributed by atoms with van der Waals surface area (Å²) < 4.78 is 0. The van der Waals surface area contributed by atoms with Crippen LogP contribution in [0.5, 0.6) is 0 Å². The summed E-state index contributed by atoms with van der Waals surface area (Å²) in [5, 5.41) is 0. The highest BCUT2D eigenvalue weighted by Crippen LogP contribution is 2.33. The Morgan fingerprint density at radius 2 is 2.15 bits per heavy atom. The van der Waals surface area contributed by atoms with Crippen LogP contribution in [0.15, 0.2) is 12.1 Å². The molecule has 4 nitrogen and oxygen atoms in total. The molecular weight excluding hydrogens is 250 g/mol. The largest absolute Gasteiger partial charge is 0.398 e. The monoisotopic (exact) mass is 273 g/mol. The normalized spacial score (nSPS) is 22.0. The third kappa shape index (κ3) is 2.23. The molecule has 20 heavy (non-hydrogen) atoms. The van der Waals surface area contributed by atoms with Crippen molar-refractivity contribution in [2.75, 3.05) is 30.3 Å². The lowest BCUT2D eigenvalue weighted by atomic mass is 10.0. The van der Waals surface area contributed by atoms with E-state index in [-0.39, 0.29) is 6.03 Å². The van der Waals surface area contributed by atoms with Crippen molar-refractivity contribution >= 4 is 17.4 Å². The van der Waals surface area contributed by atoms with E-state index in [0.29, 0.717) is 5.92 Å². The van der Waals surface area contributed by atoms with Gasteiger partial charge in [-0.15, -0.1) is 0 Å². The van der Waals surface area contributed by atoms with Crippen molar-refractivity contribution in [1.29, 1.82) is 0 Å². The molecule has 2 amide bonds. The fourth-order valence-electron chi connectivity index (χ4n) is 3.31. The van der Waals surface area contributed by atoms with Gasteiger partial charge in [-0.05, 0) is 49.3 Å². The zero-order valence-corrected chi connectivity index (χ0v) is 12.4. The number of benzene rings is 1. The second kappa shape index (κ2) is 5.00. The molecule has 2 heterocycles. The Morgan fingerprint density at radius 3 is 2.90 bits per heavy atom. The molecule has 2 N–H and O–H groups in total. The number of aryl methyl sites for hydroxylation is 1. The van der Waals surface area contributed by atoms with Crippen molar-refractivity contribution in [2.24, 2.45) is 5.92 Å². The van der Waals surface area contributed by atoms with Gasteiger partial charge in [0.2, 0.25) is 0 Å². The third-order valence-corrected chi connectivity index (χ3v) is 4.52. The second-order valence-corrected chi connectivity index (χ2v) is 6.22. The first kappa shape index (κ1) is 13.3. The van der Waals surface area contributed by atoms with Crippen LogP contribution in [-0.2, 0) is 6.42 Å². The average Bonchev–Trinajstić information content (AvgIpc) is 2.81. The van der Waals surface area contributed by atoms with Gasteiger partial charge in [0.15, 0.2) is 0 Å². The number of anilines is 2. The molecule has 1 fully saturated rings. The Bertz CT molecular complexity index is 541. The molecule has 1 saturated heterocycles. The van der Waals surface area contributed by atoms with Crippen molar-refractivity contribution < 1.29 is 4.79 Å². The smallest absolute Gasteiger partial charge is 0.324 e. The van der Waals surface area contributed by atoms with Gasteiger partial charge in [-0.3, -0.25) is 4.90 Å². The van der Waals surface area contributed by atoms with Crippen molar-refractivity contribution in [3.8, 4) is 0 Å². The molecule has 1 aromatic carbocycles. The molecule has 4 heteroatoms. The number of hydrogen-bond acceptors (Lipinski definition) is 2. The molecule has 2 aliphatic rings. The van der Waals surface area contributed by atoms with Crippen LogP contribution in [0.3, 0.4) is 0 Å². The molecule has 1 unspecified atom stereocenters. The molecule has 3 rings (SSSR count). The third-order valence-electron chi connectivity index (χ3n) is 4.52. The number of piperidine rings is 1. The molecule has 0 aromatic heterocycles. The highest BCUT2D eigenvalue weighted by Gasteiger charge is 2.30. The predicted molar refractivity (Wildman–Crippen MR) is 82.0 cm³/mol. The van der Waals surface area contributed by atoms with Gasteiger partial charge in [0, 0.05) is 25.3 Å². The zero-order chi connectivity index (χ0) is 14.3. The van der Waals surface area contributed by atoms with E-state index in [9.17, 15) is 4.79 Å². The van der Waals surface area contributed by atoms with E-state index in [1.165, 1.54) is 12.0 Å². The van der Waals surface area contributed by atoms with E-state index in [0.717, 1.165) is 49.4 Å². The maximum atomic E-state index is 12.7. The Hall–Kier alpha value is -1.71. The molecule has 1 atom stereocenters. The van der Waals surface area contributed by atoms with Crippen LogP contribution in [0.4, 0.5) is 16.2 Å². The first-order valence-corrected chi connectivity index (χ1v) is 7.51. The molecule has 2 aliphatic heterocycles. The summed E-state index contributed by atoms with van der Waals surface area (Å²) in [6, 6.07) is 4.23. The van der Waals surface area contributed by atoms with Crippen molar-refractivity contribution in [1.82, 2.24) is 4.90 Å². The van der Waals surface area contributed by atoms with Crippen LogP contribution in [-0.4, -0.2) is 30.6 Å². The standard InChI is InChI=1S/C16H23N3O/c1-11-4-3-6-18(10-11)16(20)19-7-5-13-8-12(2)14(17)9-15(13)19/h8-9,11H,3-7,10,17H2,1-2H3. The number of hydrogen-bond donors (Lipinski definition) is 1. The molecule has 0 spiro atoms. The first-order chi connectivity index (χ1) is 9.56. The summed E-state index contributed by atoms with van der Waals surface area (Å²) in [4.78, 5) is 16.6. The lowest BCUT2D eigenvalue weighted by Gasteiger charge is -2.34. The Morgan fingerprint density at radius 1 is 1.35 bits per heavy atom. The summed E-state index contributed by atoms with van der Waals surface area (Å²) in [5.74, 6) is 0.609. The van der Waals surface area contributed by atoms with Crippen LogP contribution in [0.1, 0.15) is 30.9 Å². The summed E-state index contributed by atoms with van der Waals surface area (Å²) in [6.07, 6.45) is 3.28. The molecular formula is C16H23N3O. The number of carbonyl (C=O) groups is 1. The van der Waals surface area contributed by atoms with Crippen LogP contribution >= 0.6 is 0 Å². The van der Waals surface area contributed by atoms with Gasteiger partial charge in [-0.25, -0.2) is 4.79 Å². The minimum absolute atomic E-state index is 0.151. The van der Waals surface area contributed by atoms with Gasteiger partial charge < -0.3 is 10.6 Å². The van der Waals surface area contributed by atoms with E-state index < -0.39 is 0 Å². The number of nitrogen functional groups attached to an aromatic ring is 1. The molecule has 0 saturated carbocycles. The number of amides is 2. The van der Waals surface area contributed by atoms with Gasteiger partial charge in [0.1, 0.15) is 0 Å². The second-order valence-electron chi connectivity index (χ2n) is 6.22. The maximum Gasteiger partial charge on any atom is 0.324 e. The minimum Gasteiger partial charge on any atom is -0.398 e. The molecule has 1 aromatic rings. The van der Waals surface area contributed by atoms with Crippen LogP contribution in [0.2, 0.25) is 0 Å². The Balaban J connectivity index is 1.83. The van der Waals surface area contributed by atoms with E-state index in [2.05, 4.69) is 13.0 Å². The average molecular weight is 273 g/mol. The first-order valence-electron chi connectivity index (χ1n) is 7.51. The minimum atomic E-state index is 0.151. The molecule has 0 radical (unpaired) electrons. The van der Waals surface area contributed by atoms with E-state index in [1.807, 2.05) is 22.8 Å². The SMILES string of the molecule is Cc1cc2c(cc1N)N(C(=O)N1CCCC(C)C1)CC2. The number of likely N-dealkylation sites (tertiary alicyclic amines) is 1. The Kier molecular flexibility index (Phi) is 3.32. The van der Waals surface area contributed by atoms with Gasteiger partial charge in [0.05, 0.1) is 5.69 Å². The van der Waals surface area contributed by atoms with Crippen LogP contribution in [0, 0.1) is 12.8 Å². The number of urea groups is 1. The quantitative estimate of drug-likeness (QED) is 0.739. The molecule has 0 bridgehead atoms. The fourth-order valence-corrected chi connectivity index (χ4v) is 3.31. The van der Waals surface area contributed by atoms with Crippen molar-refractivity contribution in [2.45, 2.75) is 33.1 Å².